The van der Waals surface area contributed by atoms with Gasteiger partial charge in [-0.25, -0.2) is 0 Å². The minimum absolute atomic E-state index is 0.124. The molecule has 0 spiro atoms. The van der Waals surface area contributed by atoms with Crippen LogP contribution in [0.2, 0.25) is 10.0 Å². The van der Waals surface area contributed by atoms with E-state index in [1.54, 1.807) is 0 Å². The second-order valence-corrected chi connectivity index (χ2v) is 5.16. The van der Waals surface area contributed by atoms with Crippen LogP contribution in [-0.4, -0.2) is 19.3 Å². The average Bonchev–Trinajstić information content (AvgIpc) is 2.35. The van der Waals surface area contributed by atoms with Crippen LogP contribution in [0.15, 0.2) is 6.07 Å². The predicted octanol–water partition coefficient (Wildman–Crippen LogP) is 4.07. The highest BCUT2D eigenvalue weighted by molar-refractivity contribution is 6.38. The molecule has 2 N–H and O–H groups in total. The molecule has 0 saturated heterocycles. The minimum atomic E-state index is 0.124. The molecule has 1 unspecified atom stereocenters. The van der Waals surface area contributed by atoms with Crippen LogP contribution in [0.25, 0.3) is 0 Å². The van der Waals surface area contributed by atoms with Crippen molar-refractivity contribution in [3.8, 4) is 11.5 Å². The van der Waals surface area contributed by atoms with Gasteiger partial charge >= 0.3 is 0 Å². The lowest BCUT2D eigenvalue weighted by molar-refractivity contribution is 0.321. The quantitative estimate of drug-likeness (QED) is 0.826. The third-order valence-electron chi connectivity index (χ3n) is 2.65. The monoisotopic (exact) mass is 305 g/mol. The number of ether oxygens (including phenoxy) is 2. The first kappa shape index (κ1) is 16.4. The normalized spacial score (nSPS) is 12.3. The molecule has 0 aliphatic carbocycles. The average molecular weight is 306 g/mol. The van der Waals surface area contributed by atoms with E-state index in [1.807, 2.05) is 26.8 Å². The highest BCUT2D eigenvalue weighted by atomic mass is 35.5. The van der Waals surface area contributed by atoms with Gasteiger partial charge < -0.3 is 15.2 Å². The second kappa shape index (κ2) is 7.83. The third kappa shape index (κ3) is 4.44. The summed E-state index contributed by atoms with van der Waals surface area (Å²) in [4.78, 5) is 0. The van der Waals surface area contributed by atoms with E-state index in [9.17, 15) is 0 Å². The van der Waals surface area contributed by atoms with E-state index in [0.29, 0.717) is 34.8 Å². The van der Waals surface area contributed by atoms with E-state index in [-0.39, 0.29) is 6.04 Å². The number of benzene rings is 1. The van der Waals surface area contributed by atoms with Crippen molar-refractivity contribution in [1.82, 2.24) is 0 Å². The molecule has 0 aliphatic rings. The van der Waals surface area contributed by atoms with E-state index < -0.39 is 0 Å². The molecule has 0 aromatic heterocycles. The van der Waals surface area contributed by atoms with Crippen LogP contribution < -0.4 is 15.2 Å². The fourth-order valence-corrected chi connectivity index (χ4v) is 2.44. The molecule has 0 bridgehead atoms. The van der Waals surface area contributed by atoms with Crippen molar-refractivity contribution >= 4 is 23.2 Å². The summed E-state index contributed by atoms with van der Waals surface area (Å²) in [6.07, 6.45) is 1.62. The lowest BCUT2D eigenvalue weighted by Gasteiger charge is -2.17. The van der Waals surface area contributed by atoms with Gasteiger partial charge in [-0.15, -0.1) is 0 Å². The van der Waals surface area contributed by atoms with Gasteiger partial charge in [-0.2, -0.15) is 0 Å². The molecule has 5 heteroatoms. The minimum Gasteiger partial charge on any atom is -0.492 e. The highest BCUT2D eigenvalue weighted by Gasteiger charge is 2.18. The number of halogens is 2. The van der Waals surface area contributed by atoms with Crippen LogP contribution in [-0.2, 0) is 6.42 Å². The molecule has 1 aromatic carbocycles. The predicted molar refractivity (Wildman–Crippen MR) is 80.8 cm³/mol. The Bertz CT molecular complexity index is 422. The molecule has 0 saturated carbocycles. The molecule has 1 atom stereocenters. The van der Waals surface area contributed by atoms with Crippen LogP contribution in [0.3, 0.4) is 0 Å². The third-order valence-corrected chi connectivity index (χ3v) is 3.28. The van der Waals surface area contributed by atoms with Gasteiger partial charge in [0.1, 0.15) is 10.8 Å². The molecular weight excluding hydrogens is 285 g/mol. The van der Waals surface area contributed by atoms with Crippen molar-refractivity contribution in [2.24, 2.45) is 5.73 Å². The Labute approximate surface area is 125 Å². The largest absolute Gasteiger partial charge is 0.492 e. The second-order valence-electron chi connectivity index (χ2n) is 4.37. The number of rotatable bonds is 7. The van der Waals surface area contributed by atoms with Crippen molar-refractivity contribution in [1.29, 1.82) is 0 Å². The van der Waals surface area contributed by atoms with Crippen molar-refractivity contribution in [3.05, 3.63) is 21.7 Å². The summed E-state index contributed by atoms with van der Waals surface area (Å²) in [6.45, 7) is 6.82. The van der Waals surface area contributed by atoms with Gasteiger partial charge in [-0.3, -0.25) is 0 Å². The zero-order valence-electron chi connectivity index (χ0n) is 11.6. The Hall–Kier alpha value is -0.640. The van der Waals surface area contributed by atoms with E-state index in [1.165, 1.54) is 0 Å². The van der Waals surface area contributed by atoms with E-state index in [2.05, 4.69) is 0 Å². The van der Waals surface area contributed by atoms with Crippen LogP contribution in [0, 0.1) is 0 Å². The summed E-state index contributed by atoms with van der Waals surface area (Å²) in [7, 11) is 0. The van der Waals surface area contributed by atoms with Gasteiger partial charge in [0.25, 0.3) is 0 Å². The van der Waals surface area contributed by atoms with Crippen LogP contribution in [0.5, 0.6) is 11.5 Å². The van der Waals surface area contributed by atoms with Gasteiger partial charge in [0.05, 0.1) is 18.2 Å². The van der Waals surface area contributed by atoms with Gasteiger partial charge in [-0.05, 0) is 45.2 Å². The molecule has 0 radical (unpaired) electrons. The molecule has 1 rings (SSSR count). The summed E-state index contributed by atoms with van der Waals surface area (Å²) >= 11 is 12.5. The maximum Gasteiger partial charge on any atom is 0.160 e. The van der Waals surface area contributed by atoms with Crippen LogP contribution >= 0.6 is 23.2 Å². The number of nitrogens with two attached hydrogens (primary N) is 1. The lowest BCUT2D eigenvalue weighted by Crippen LogP contribution is -2.15. The summed E-state index contributed by atoms with van der Waals surface area (Å²) in [5, 5.41) is 0.950. The first-order chi connectivity index (χ1) is 9.01. The maximum atomic E-state index is 6.33. The zero-order chi connectivity index (χ0) is 14.4. The fraction of sp³-hybridized carbons (Fsp3) is 0.571. The van der Waals surface area contributed by atoms with Crippen molar-refractivity contribution in [2.45, 2.75) is 39.7 Å². The lowest BCUT2D eigenvalue weighted by atomic mass is 10.1. The molecule has 0 heterocycles. The molecule has 3 nitrogen and oxygen atoms in total. The zero-order valence-corrected chi connectivity index (χ0v) is 13.1. The topological polar surface area (TPSA) is 44.5 Å². The highest BCUT2D eigenvalue weighted by Crippen LogP contribution is 2.43. The Morgan fingerprint density at radius 1 is 1.16 bits per heavy atom. The summed E-state index contributed by atoms with van der Waals surface area (Å²) < 4.78 is 11.1. The van der Waals surface area contributed by atoms with Crippen LogP contribution in [0.1, 0.15) is 32.8 Å². The summed E-state index contributed by atoms with van der Waals surface area (Å²) in [5.41, 5.74) is 6.76. The van der Waals surface area contributed by atoms with Crippen molar-refractivity contribution in [2.75, 3.05) is 13.2 Å². The maximum absolute atomic E-state index is 6.33. The Morgan fingerprint density at radius 3 is 2.26 bits per heavy atom. The van der Waals surface area contributed by atoms with Gasteiger partial charge in [0.15, 0.2) is 5.75 Å². The SMILES string of the molecule is CCOc1c(Cl)cc(CCC(C)N)c(OCC)c1Cl. The Balaban J connectivity index is 3.14. The number of hydrogen-bond acceptors (Lipinski definition) is 3. The molecule has 108 valence electrons. The molecule has 0 fully saturated rings. The van der Waals surface area contributed by atoms with E-state index in [0.717, 1.165) is 18.4 Å². The van der Waals surface area contributed by atoms with Gasteiger partial charge in [0, 0.05) is 6.04 Å². The molecule has 0 amide bonds. The Morgan fingerprint density at radius 2 is 1.74 bits per heavy atom. The molecular formula is C14H21Cl2NO2. The first-order valence-electron chi connectivity index (χ1n) is 6.53. The van der Waals surface area contributed by atoms with Crippen LogP contribution in [0.4, 0.5) is 0 Å². The number of aryl methyl sites for hydroxylation is 1. The molecule has 1 aromatic rings. The summed E-state index contributed by atoms with van der Waals surface area (Å²) in [6, 6.07) is 1.98. The van der Waals surface area contributed by atoms with Crippen molar-refractivity contribution < 1.29 is 9.47 Å². The van der Waals surface area contributed by atoms with Gasteiger partial charge in [-0.1, -0.05) is 23.2 Å². The Kier molecular flexibility index (Phi) is 6.76. The standard InChI is InChI=1S/C14H21Cl2NO2/c1-4-18-13-10(7-6-9(3)17)8-11(15)14(12(13)16)19-5-2/h8-9H,4-7,17H2,1-3H3. The van der Waals surface area contributed by atoms with E-state index >= 15 is 0 Å². The first-order valence-corrected chi connectivity index (χ1v) is 7.28. The van der Waals surface area contributed by atoms with Gasteiger partial charge in [0.2, 0.25) is 0 Å². The molecule has 0 aliphatic heterocycles. The summed E-state index contributed by atoms with van der Waals surface area (Å²) in [5.74, 6) is 1.14. The number of hydrogen-bond donors (Lipinski definition) is 1. The van der Waals surface area contributed by atoms with Crippen molar-refractivity contribution in [3.63, 3.8) is 0 Å². The smallest absolute Gasteiger partial charge is 0.160 e. The van der Waals surface area contributed by atoms with E-state index in [4.69, 9.17) is 38.4 Å². The fourth-order valence-electron chi connectivity index (χ4n) is 1.78. The molecule has 19 heavy (non-hydrogen) atoms.